The molecule has 0 bridgehead atoms. The Labute approximate surface area is 113 Å². The van der Waals surface area contributed by atoms with Gasteiger partial charge in [0.05, 0.1) is 11.3 Å². The van der Waals surface area contributed by atoms with Gasteiger partial charge in [-0.15, -0.1) is 0 Å². The molecule has 19 heavy (non-hydrogen) atoms. The van der Waals surface area contributed by atoms with Gasteiger partial charge in [0.25, 0.3) is 0 Å². The van der Waals surface area contributed by atoms with Gasteiger partial charge in [0.2, 0.25) is 0 Å². The Morgan fingerprint density at radius 2 is 2.42 bits per heavy atom. The number of anilines is 1. The number of aromatic nitrogens is 2. The zero-order valence-electron chi connectivity index (χ0n) is 10.2. The van der Waals surface area contributed by atoms with Crippen molar-refractivity contribution in [1.82, 2.24) is 10.2 Å². The van der Waals surface area contributed by atoms with Gasteiger partial charge < -0.3 is 10.1 Å². The highest BCUT2D eigenvalue weighted by atomic mass is 32.1. The molecule has 2 aromatic heterocycles. The monoisotopic (exact) mass is 273 g/mol. The molecule has 1 atom stereocenters. The van der Waals surface area contributed by atoms with Gasteiger partial charge in [-0.1, -0.05) is 0 Å². The molecule has 0 aliphatic carbocycles. The smallest absolute Gasteiger partial charge is 0.337 e. The van der Waals surface area contributed by atoms with Crippen LogP contribution in [0.4, 0.5) is 5.82 Å². The van der Waals surface area contributed by atoms with Gasteiger partial charge >= 0.3 is 5.97 Å². The highest BCUT2D eigenvalue weighted by Crippen LogP contribution is 2.45. The standard InChI is InChI=1S/C13H11N3O2S/c1-6-9-10(7-2-3-19-5-7)11-8(4-18-13(11)17)14-12(9)16-15-6/h2-3,5,10H,4H2,1H3,(H2,14,15,16). The first kappa shape index (κ1) is 10.8. The zero-order chi connectivity index (χ0) is 13.0. The summed E-state index contributed by atoms with van der Waals surface area (Å²) in [6.07, 6.45) is 0. The number of hydrogen-bond acceptors (Lipinski definition) is 5. The molecule has 0 saturated carbocycles. The van der Waals surface area contributed by atoms with E-state index in [4.69, 9.17) is 4.74 Å². The van der Waals surface area contributed by atoms with Crippen LogP contribution in [0.15, 0.2) is 28.1 Å². The minimum absolute atomic E-state index is 0.0775. The molecule has 6 heteroatoms. The molecular formula is C13H11N3O2S. The molecule has 0 fully saturated rings. The fourth-order valence-corrected chi connectivity index (χ4v) is 3.44. The summed E-state index contributed by atoms with van der Waals surface area (Å²) in [6, 6.07) is 2.05. The zero-order valence-corrected chi connectivity index (χ0v) is 11.0. The molecule has 2 aliphatic rings. The lowest BCUT2D eigenvalue weighted by Gasteiger charge is -2.23. The van der Waals surface area contributed by atoms with Gasteiger partial charge in [-0.2, -0.15) is 16.4 Å². The molecule has 1 unspecified atom stereocenters. The van der Waals surface area contributed by atoms with E-state index in [2.05, 4.69) is 20.9 Å². The van der Waals surface area contributed by atoms with E-state index in [1.807, 2.05) is 18.4 Å². The minimum atomic E-state index is -0.232. The van der Waals surface area contributed by atoms with Crippen LogP contribution in [0.1, 0.15) is 22.7 Å². The molecule has 0 aromatic carbocycles. The molecule has 0 saturated heterocycles. The minimum Gasteiger partial charge on any atom is -0.456 e. The number of carbonyl (C=O) groups is 1. The van der Waals surface area contributed by atoms with Crippen molar-refractivity contribution < 1.29 is 9.53 Å². The van der Waals surface area contributed by atoms with Gasteiger partial charge in [-0.25, -0.2) is 4.79 Å². The van der Waals surface area contributed by atoms with Crippen LogP contribution in [0.5, 0.6) is 0 Å². The van der Waals surface area contributed by atoms with Crippen LogP contribution in [-0.2, 0) is 9.53 Å². The molecular weight excluding hydrogens is 262 g/mol. The van der Waals surface area contributed by atoms with Crippen molar-refractivity contribution >= 4 is 23.1 Å². The second-order valence-electron chi connectivity index (χ2n) is 4.69. The Balaban J connectivity index is 1.97. The quantitative estimate of drug-likeness (QED) is 0.781. The molecule has 4 rings (SSSR count). The number of hydrogen-bond donors (Lipinski definition) is 2. The number of cyclic esters (lactones) is 1. The number of thiophene rings is 1. The number of ether oxygens (including phenoxy) is 1. The number of esters is 1. The average Bonchev–Trinajstić information content (AvgIpc) is 3.10. The van der Waals surface area contributed by atoms with Crippen molar-refractivity contribution in [2.24, 2.45) is 0 Å². The molecule has 96 valence electrons. The summed E-state index contributed by atoms with van der Waals surface area (Å²) in [5, 5.41) is 14.5. The summed E-state index contributed by atoms with van der Waals surface area (Å²) in [4.78, 5) is 12.0. The summed E-state index contributed by atoms with van der Waals surface area (Å²) in [5.41, 5.74) is 4.68. The average molecular weight is 273 g/mol. The summed E-state index contributed by atoms with van der Waals surface area (Å²) >= 11 is 1.63. The lowest BCUT2D eigenvalue weighted by molar-refractivity contribution is -0.136. The third kappa shape index (κ3) is 1.40. The van der Waals surface area contributed by atoms with Crippen molar-refractivity contribution in [3.05, 3.63) is 44.9 Å². The molecule has 2 aliphatic heterocycles. The van der Waals surface area contributed by atoms with E-state index >= 15 is 0 Å². The lowest BCUT2D eigenvalue weighted by atomic mass is 9.83. The molecule has 0 amide bonds. The summed E-state index contributed by atoms with van der Waals surface area (Å²) < 4.78 is 5.16. The molecule has 2 aromatic rings. The number of nitrogens with zero attached hydrogens (tertiary/aromatic N) is 1. The predicted octanol–water partition coefficient (Wildman–Crippen LogP) is 2.15. The fraction of sp³-hybridized carbons (Fsp3) is 0.231. The lowest BCUT2D eigenvalue weighted by Crippen LogP contribution is -2.19. The highest BCUT2D eigenvalue weighted by Gasteiger charge is 2.40. The van der Waals surface area contributed by atoms with Crippen LogP contribution in [-0.4, -0.2) is 22.8 Å². The normalized spacial score (nSPS) is 20.9. The van der Waals surface area contributed by atoms with Crippen LogP contribution in [0.3, 0.4) is 0 Å². The Kier molecular flexibility index (Phi) is 2.11. The first-order chi connectivity index (χ1) is 9.25. The fourth-order valence-electron chi connectivity index (χ4n) is 2.76. The number of aryl methyl sites for hydroxylation is 1. The Morgan fingerprint density at radius 3 is 3.21 bits per heavy atom. The summed E-state index contributed by atoms with van der Waals surface area (Å²) in [7, 11) is 0. The van der Waals surface area contributed by atoms with E-state index in [-0.39, 0.29) is 11.9 Å². The topological polar surface area (TPSA) is 67.0 Å². The SMILES string of the molecule is Cc1[nH]nc2c1C(c1ccsc1)C1=C(COC1=O)N2. The number of nitrogens with one attached hydrogen (secondary N) is 2. The number of H-pyrrole nitrogens is 1. The number of carbonyl (C=O) groups excluding carboxylic acids is 1. The van der Waals surface area contributed by atoms with E-state index in [0.29, 0.717) is 6.61 Å². The van der Waals surface area contributed by atoms with E-state index < -0.39 is 0 Å². The van der Waals surface area contributed by atoms with Crippen LogP contribution < -0.4 is 5.32 Å². The van der Waals surface area contributed by atoms with Crippen LogP contribution in [0, 0.1) is 6.92 Å². The predicted molar refractivity (Wildman–Crippen MR) is 71.1 cm³/mol. The second-order valence-corrected chi connectivity index (χ2v) is 5.47. The maximum absolute atomic E-state index is 12.0. The Bertz CT molecular complexity index is 700. The van der Waals surface area contributed by atoms with Gasteiger partial charge in [-0.05, 0) is 29.3 Å². The first-order valence-electron chi connectivity index (χ1n) is 6.00. The van der Waals surface area contributed by atoms with Crippen LogP contribution in [0.2, 0.25) is 0 Å². The highest BCUT2D eigenvalue weighted by molar-refractivity contribution is 7.08. The van der Waals surface area contributed by atoms with Crippen molar-refractivity contribution in [3.63, 3.8) is 0 Å². The second kappa shape index (κ2) is 3.71. The molecule has 4 heterocycles. The number of fused-ring (bicyclic) bond motifs is 1. The van der Waals surface area contributed by atoms with Crippen molar-refractivity contribution in [1.29, 1.82) is 0 Å². The summed E-state index contributed by atoms with van der Waals surface area (Å²) in [5.74, 6) is 0.488. The molecule has 5 nitrogen and oxygen atoms in total. The van der Waals surface area contributed by atoms with Gasteiger partial charge in [0.1, 0.15) is 6.61 Å². The van der Waals surface area contributed by atoms with E-state index in [0.717, 1.165) is 33.9 Å². The maximum atomic E-state index is 12.0. The maximum Gasteiger partial charge on any atom is 0.337 e. The van der Waals surface area contributed by atoms with E-state index in [1.165, 1.54) is 0 Å². The molecule has 0 radical (unpaired) electrons. The first-order valence-corrected chi connectivity index (χ1v) is 6.94. The van der Waals surface area contributed by atoms with Crippen LogP contribution in [0.25, 0.3) is 0 Å². The Hall–Kier alpha value is -2.08. The van der Waals surface area contributed by atoms with Gasteiger partial charge in [0, 0.05) is 17.2 Å². The third-order valence-corrected chi connectivity index (χ3v) is 4.31. The van der Waals surface area contributed by atoms with Crippen molar-refractivity contribution in [2.75, 3.05) is 11.9 Å². The summed E-state index contributed by atoms with van der Waals surface area (Å²) in [6.45, 7) is 2.28. The van der Waals surface area contributed by atoms with Crippen molar-refractivity contribution in [2.45, 2.75) is 12.8 Å². The largest absolute Gasteiger partial charge is 0.456 e. The molecule has 0 spiro atoms. The van der Waals surface area contributed by atoms with Crippen molar-refractivity contribution in [3.8, 4) is 0 Å². The van der Waals surface area contributed by atoms with Gasteiger partial charge in [0.15, 0.2) is 5.82 Å². The van der Waals surface area contributed by atoms with E-state index in [1.54, 1.807) is 11.3 Å². The molecule has 2 N–H and O–H groups in total. The Morgan fingerprint density at radius 1 is 1.53 bits per heavy atom. The van der Waals surface area contributed by atoms with Gasteiger partial charge in [-0.3, -0.25) is 5.10 Å². The van der Waals surface area contributed by atoms with E-state index in [9.17, 15) is 4.79 Å². The third-order valence-electron chi connectivity index (χ3n) is 3.61. The number of aromatic amines is 1. The number of rotatable bonds is 1. The van der Waals surface area contributed by atoms with Crippen LogP contribution >= 0.6 is 11.3 Å².